The van der Waals surface area contributed by atoms with E-state index in [0.29, 0.717) is 0 Å². The molecule has 4 aliphatic heterocycles. The largest absolute Gasteiger partial charge is 0.335 e. The molecule has 5 atom stereocenters. The minimum Gasteiger partial charge on any atom is -0.335 e. The highest BCUT2D eigenvalue weighted by Gasteiger charge is 2.63. The molecule has 2 fully saturated rings. The smallest absolute Gasteiger partial charge is 0.252 e. The summed E-state index contributed by atoms with van der Waals surface area (Å²) in [5, 5.41) is 0. The first kappa shape index (κ1) is 43.6. The predicted molar refractivity (Wildman–Crippen MR) is 299 cm³/mol. The van der Waals surface area contributed by atoms with Crippen LogP contribution in [0.5, 0.6) is 0 Å². The third kappa shape index (κ3) is 5.83. The molecule has 0 saturated heterocycles. The molecule has 7 aliphatic rings. The summed E-state index contributed by atoms with van der Waals surface area (Å²) in [6, 6.07) is 46.3. The number of hydrogen-bond acceptors (Lipinski definition) is 3. The first-order valence-electron chi connectivity index (χ1n) is 26.3. The van der Waals surface area contributed by atoms with Crippen molar-refractivity contribution in [2.75, 3.05) is 21.0 Å². The zero-order chi connectivity index (χ0) is 47.5. The van der Waals surface area contributed by atoms with E-state index in [1.165, 1.54) is 146 Å². The Kier molecular flexibility index (Phi) is 9.37. The second kappa shape index (κ2) is 14.8. The second-order valence-electron chi connectivity index (χ2n) is 24.2. The topological polar surface area (TPSA) is 9.72 Å². The quantitative estimate of drug-likeness (QED) is 0.0968. The lowest BCUT2D eigenvalue weighted by Gasteiger charge is -2.53. The van der Waals surface area contributed by atoms with Crippen molar-refractivity contribution in [3.8, 4) is 11.1 Å². The van der Waals surface area contributed by atoms with Crippen molar-refractivity contribution in [3.05, 3.63) is 162 Å². The van der Waals surface area contributed by atoms with Gasteiger partial charge in [0.2, 0.25) is 0 Å². The molecule has 0 amide bonds. The number of benzene rings is 6. The standard InChI is InChI=1S/C64H68BN3S/c1-59(2,3)44-26-28-53-49(37-44)61(5)31-16-18-33-63(61,7)67(53)47-38-55-57-56(39-47)68-58-50(62(6)32-17-19-34-64(62,68)8)40-48(69-9)41-52(58)65(57)51-27-25-43(42-21-12-10-13-22-42)35-54(51)66(55)46-24-20-23-45(36-46)60(4)29-14-11-15-30-60/h10-15,20-29,35-41H,16-19,30-34H2,1-9H3/p+1. The number of anilines is 7. The Morgan fingerprint density at radius 3 is 2.01 bits per heavy atom. The Balaban J connectivity index is 1.15. The van der Waals surface area contributed by atoms with Gasteiger partial charge in [0.25, 0.3) is 6.71 Å². The molecule has 348 valence electrons. The molecule has 0 bridgehead atoms. The average molecular weight is 923 g/mol. The third-order valence-electron chi connectivity index (χ3n) is 19.6. The highest BCUT2D eigenvalue weighted by atomic mass is 32.2. The minimum atomic E-state index is -0.0984. The molecule has 5 heteroatoms. The fraction of sp³-hybridized carbons (Fsp3) is 0.375. The zero-order valence-corrected chi connectivity index (χ0v) is 43.4. The summed E-state index contributed by atoms with van der Waals surface area (Å²) in [4.78, 5) is 9.98. The molecule has 69 heavy (non-hydrogen) atoms. The fourth-order valence-corrected chi connectivity index (χ4v) is 15.7. The van der Waals surface area contributed by atoms with Gasteiger partial charge in [0.1, 0.15) is 6.26 Å². The number of rotatable bonds is 5. The van der Waals surface area contributed by atoms with Gasteiger partial charge in [-0.25, -0.2) is 0 Å². The van der Waals surface area contributed by atoms with Crippen LogP contribution in [0.3, 0.4) is 0 Å². The summed E-state index contributed by atoms with van der Waals surface area (Å²) < 4.78 is 0. The van der Waals surface area contributed by atoms with Crippen LogP contribution in [0.4, 0.5) is 39.8 Å². The Bertz CT molecular complexity index is 3200. The molecular weight excluding hydrogens is 854 g/mol. The van der Waals surface area contributed by atoms with Crippen molar-refractivity contribution >= 4 is 74.7 Å². The van der Waals surface area contributed by atoms with Crippen molar-refractivity contribution in [3.63, 3.8) is 0 Å². The first-order chi connectivity index (χ1) is 33.1. The lowest BCUT2D eigenvalue weighted by Crippen LogP contribution is -2.64. The van der Waals surface area contributed by atoms with Crippen LogP contribution in [-0.4, -0.2) is 24.0 Å². The summed E-state index contributed by atoms with van der Waals surface area (Å²) in [7, 11) is 0. The normalized spacial score (nSPS) is 28.0. The molecule has 6 aromatic rings. The van der Waals surface area contributed by atoms with Gasteiger partial charge in [0, 0.05) is 67.8 Å². The Morgan fingerprint density at radius 2 is 1.29 bits per heavy atom. The number of fused-ring (bicyclic) bond motifs is 10. The van der Waals surface area contributed by atoms with Gasteiger partial charge >= 0.3 is 0 Å². The summed E-state index contributed by atoms with van der Waals surface area (Å²) in [5.74, 6) is 0. The second-order valence-corrected chi connectivity index (χ2v) is 25.2. The number of nitrogens with zero attached hydrogens (tertiary/aromatic N) is 3. The molecule has 0 spiro atoms. The van der Waals surface area contributed by atoms with Crippen molar-refractivity contribution in [1.29, 1.82) is 0 Å². The van der Waals surface area contributed by atoms with Crippen LogP contribution >= 0.6 is 0 Å². The van der Waals surface area contributed by atoms with Crippen molar-refractivity contribution in [2.24, 2.45) is 0 Å². The molecule has 0 N–H and O–H groups in total. The van der Waals surface area contributed by atoms with Crippen LogP contribution in [0.25, 0.3) is 11.1 Å². The summed E-state index contributed by atoms with van der Waals surface area (Å²) in [5.41, 5.74) is 22.1. The van der Waals surface area contributed by atoms with E-state index in [0.717, 1.165) is 6.42 Å². The molecule has 4 heterocycles. The van der Waals surface area contributed by atoms with E-state index in [1.807, 2.05) is 0 Å². The molecule has 13 rings (SSSR count). The monoisotopic (exact) mass is 923 g/mol. The van der Waals surface area contributed by atoms with Gasteiger partial charge in [-0.05, 0) is 150 Å². The van der Waals surface area contributed by atoms with E-state index in [9.17, 15) is 0 Å². The van der Waals surface area contributed by atoms with Gasteiger partial charge in [0.15, 0.2) is 4.90 Å². The number of allylic oxidation sites excluding steroid dienone is 4. The minimum absolute atomic E-state index is 0.0111. The maximum Gasteiger partial charge on any atom is 0.252 e. The van der Waals surface area contributed by atoms with Crippen LogP contribution in [0.15, 0.2) is 144 Å². The highest BCUT2D eigenvalue weighted by Crippen LogP contribution is 2.65. The van der Waals surface area contributed by atoms with Crippen molar-refractivity contribution < 1.29 is 0 Å². The Morgan fingerprint density at radius 1 is 0.565 bits per heavy atom. The maximum atomic E-state index is 2.95. The molecule has 6 aromatic carbocycles. The molecule has 5 unspecified atom stereocenters. The van der Waals surface area contributed by atoms with Crippen LogP contribution in [0, 0.1) is 0 Å². The van der Waals surface area contributed by atoms with Crippen molar-refractivity contribution in [2.45, 2.75) is 151 Å². The van der Waals surface area contributed by atoms with Gasteiger partial charge < -0.3 is 14.7 Å². The number of hydrogen-bond donors (Lipinski definition) is 0. The summed E-state index contributed by atoms with van der Waals surface area (Å²) >= 11 is 1.32. The molecule has 0 radical (unpaired) electrons. The van der Waals surface area contributed by atoms with E-state index in [4.69, 9.17) is 0 Å². The third-order valence-corrected chi connectivity index (χ3v) is 20.4. The van der Waals surface area contributed by atoms with Crippen LogP contribution in [-0.2, 0) is 33.4 Å². The molecule has 3 nitrogen and oxygen atoms in total. The van der Waals surface area contributed by atoms with E-state index >= 15 is 0 Å². The predicted octanol–water partition coefficient (Wildman–Crippen LogP) is 14.3. The van der Waals surface area contributed by atoms with Crippen LogP contribution in [0.2, 0.25) is 0 Å². The Hall–Kier alpha value is -5.39. The van der Waals surface area contributed by atoms with Gasteiger partial charge in [-0.1, -0.05) is 158 Å². The van der Waals surface area contributed by atoms with Crippen LogP contribution < -0.4 is 31.1 Å². The zero-order valence-electron chi connectivity index (χ0n) is 42.5. The van der Waals surface area contributed by atoms with E-state index in [-0.39, 0.29) is 39.5 Å². The summed E-state index contributed by atoms with van der Waals surface area (Å²) in [6.45, 7) is 20.2. The van der Waals surface area contributed by atoms with Gasteiger partial charge in [-0.2, -0.15) is 0 Å². The molecule has 0 aromatic heterocycles. The van der Waals surface area contributed by atoms with Gasteiger partial charge in [-0.3, -0.25) is 0 Å². The van der Waals surface area contributed by atoms with Crippen LogP contribution in [0.1, 0.15) is 135 Å². The van der Waals surface area contributed by atoms with Crippen molar-refractivity contribution in [1.82, 2.24) is 0 Å². The maximum absolute atomic E-state index is 2.95. The molecular formula is C64H69BN3S+. The molecule has 3 aliphatic carbocycles. The van der Waals surface area contributed by atoms with E-state index < -0.39 is 0 Å². The Labute approximate surface area is 417 Å². The summed E-state index contributed by atoms with van der Waals surface area (Å²) in [6.07, 6.45) is 22.3. The lowest BCUT2D eigenvalue weighted by atomic mass is 9.33. The van der Waals surface area contributed by atoms with Gasteiger partial charge in [-0.15, -0.1) is 0 Å². The SMILES string of the molecule is C[SH+]c1cc2c3c(c1)C1(C)CCCCC1(C)N3c1cc(N3c4ccc(C(C)(C)C)cc4C4(C)CCCCC34C)cc3c1B2c1ccc(-c2ccccc2)cc1N3c1cccc(C2(C)C=CC=CC2)c1. The first-order valence-corrected chi connectivity index (χ1v) is 27.6. The van der Waals surface area contributed by atoms with E-state index in [1.54, 1.807) is 11.1 Å². The lowest BCUT2D eigenvalue weighted by molar-refractivity contribution is 0.194. The van der Waals surface area contributed by atoms with E-state index in [2.05, 4.69) is 216 Å². The highest BCUT2D eigenvalue weighted by molar-refractivity contribution is 7.77. The fourth-order valence-electron chi connectivity index (χ4n) is 15.2. The number of thiol groups is 1. The molecule has 2 saturated carbocycles. The average Bonchev–Trinajstić information content (AvgIpc) is 3.70. The van der Waals surface area contributed by atoms with Gasteiger partial charge in [0.05, 0.1) is 11.1 Å².